The maximum absolute atomic E-state index is 6.26. The number of aromatic nitrogens is 1. The van der Waals surface area contributed by atoms with Crippen molar-refractivity contribution in [3.8, 4) is 11.6 Å². The lowest BCUT2D eigenvalue weighted by Crippen LogP contribution is -2.22. The standard InChI is InChI=1S/C17H19BrN2O2/c1-21-15-9-14(18)11-20-17(15)22-16(13-7-8-19-10-13)12-5-3-2-4-6-12/h2-6,9,11,13,16,19H,7-8,10H2,1H3/t13?,16-/m1/s1. The first kappa shape index (κ1) is 15.3. The van der Waals surface area contributed by atoms with Gasteiger partial charge in [0.15, 0.2) is 5.75 Å². The van der Waals surface area contributed by atoms with Crippen LogP contribution < -0.4 is 14.8 Å². The zero-order valence-electron chi connectivity index (χ0n) is 12.5. The molecule has 3 rings (SSSR count). The largest absolute Gasteiger partial charge is 0.491 e. The molecule has 2 aromatic rings. The van der Waals surface area contributed by atoms with E-state index in [4.69, 9.17) is 9.47 Å². The molecule has 5 heteroatoms. The van der Waals surface area contributed by atoms with Crippen LogP contribution in [0.15, 0.2) is 47.1 Å². The van der Waals surface area contributed by atoms with Gasteiger partial charge in [0.1, 0.15) is 6.10 Å². The first-order valence-electron chi connectivity index (χ1n) is 7.40. The summed E-state index contributed by atoms with van der Waals surface area (Å²) in [5.41, 5.74) is 1.17. The molecule has 1 aromatic carbocycles. The number of hydrogen-bond acceptors (Lipinski definition) is 4. The van der Waals surface area contributed by atoms with Gasteiger partial charge in [-0.05, 0) is 34.5 Å². The van der Waals surface area contributed by atoms with Crippen LogP contribution in [0, 0.1) is 5.92 Å². The molecule has 1 N–H and O–H groups in total. The van der Waals surface area contributed by atoms with Crippen LogP contribution in [0.2, 0.25) is 0 Å². The molecule has 1 aliphatic heterocycles. The van der Waals surface area contributed by atoms with Crippen molar-refractivity contribution in [3.63, 3.8) is 0 Å². The van der Waals surface area contributed by atoms with Crippen LogP contribution in [0.5, 0.6) is 11.6 Å². The van der Waals surface area contributed by atoms with E-state index in [1.165, 1.54) is 5.56 Å². The second kappa shape index (κ2) is 7.11. The van der Waals surface area contributed by atoms with Crippen LogP contribution >= 0.6 is 15.9 Å². The van der Waals surface area contributed by atoms with Crippen LogP contribution in [0.3, 0.4) is 0 Å². The van der Waals surface area contributed by atoms with Crippen molar-refractivity contribution >= 4 is 15.9 Å². The van der Waals surface area contributed by atoms with Crippen LogP contribution in [-0.4, -0.2) is 25.2 Å². The summed E-state index contributed by atoms with van der Waals surface area (Å²) in [7, 11) is 1.63. The average Bonchev–Trinajstić information content (AvgIpc) is 3.08. The zero-order valence-corrected chi connectivity index (χ0v) is 14.0. The summed E-state index contributed by atoms with van der Waals surface area (Å²) >= 11 is 3.41. The maximum Gasteiger partial charge on any atom is 0.257 e. The number of halogens is 1. The highest BCUT2D eigenvalue weighted by Gasteiger charge is 2.29. The molecule has 0 saturated carbocycles. The van der Waals surface area contributed by atoms with Gasteiger partial charge in [0.05, 0.1) is 7.11 Å². The molecule has 1 aliphatic rings. The van der Waals surface area contributed by atoms with E-state index in [9.17, 15) is 0 Å². The van der Waals surface area contributed by atoms with Crippen molar-refractivity contribution in [2.45, 2.75) is 12.5 Å². The van der Waals surface area contributed by atoms with Crippen LogP contribution in [0.1, 0.15) is 18.1 Å². The molecule has 1 saturated heterocycles. The second-order valence-corrected chi connectivity index (χ2v) is 6.28. The summed E-state index contributed by atoms with van der Waals surface area (Å²) in [5, 5.41) is 3.41. The minimum absolute atomic E-state index is 0.0289. The molecule has 22 heavy (non-hydrogen) atoms. The number of pyridine rings is 1. The molecule has 0 spiro atoms. The predicted molar refractivity (Wildman–Crippen MR) is 89.3 cm³/mol. The number of hydrogen-bond donors (Lipinski definition) is 1. The highest BCUT2D eigenvalue weighted by Crippen LogP contribution is 2.35. The quantitative estimate of drug-likeness (QED) is 0.882. The fraction of sp³-hybridized carbons (Fsp3) is 0.353. The summed E-state index contributed by atoms with van der Waals surface area (Å²) in [6.07, 6.45) is 2.80. The third-order valence-corrected chi connectivity index (χ3v) is 4.33. The van der Waals surface area contributed by atoms with E-state index in [0.29, 0.717) is 17.5 Å². The molecule has 1 fully saturated rings. The Bertz CT molecular complexity index is 615. The van der Waals surface area contributed by atoms with E-state index in [2.05, 4.69) is 38.4 Å². The topological polar surface area (TPSA) is 43.4 Å². The Morgan fingerprint density at radius 1 is 1.32 bits per heavy atom. The number of methoxy groups -OCH3 is 1. The second-order valence-electron chi connectivity index (χ2n) is 5.36. The lowest BCUT2D eigenvalue weighted by atomic mass is 9.95. The van der Waals surface area contributed by atoms with E-state index in [0.717, 1.165) is 24.0 Å². The molecule has 0 bridgehead atoms. The Labute approximate surface area is 139 Å². The van der Waals surface area contributed by atoms with E-state index < -0.39 is 0 Å². The van der Waals surface area contributed by atoms with Gasteiger partial charge in [-0.25, -0.2) is 4.98 Å². The Kier molecular flexibility index (Phi) is 4.95. The highest BCUT2D eigenvalue weighted by atomic mass is 79.9. The van der Waals surface area contributed by atoms with Gasteiger partial charge < -0.3 is 14.8 Å². The summed E-state index contributed by atoms with van der Waals surface area (Å²) in [5.74, 6) is 1.60. The van der Waals surface area contributed by atoms with Crippen LogP contribution in [0.4, 0.5) is 0 Å². The fourth-order valence-electron chi connectivity index (χ4n) is 2.78. The first-order chi connectivity index (χ1) is 10.8. The fourth-order valence-corrected chi connectivity index (χ4v) is 3.09. The third-order valence-electron chi connectivity index (χ3n) is 3.90. The van der Waals surface area contributed by atoms with Crippen molar-refractivity contribution in [2.75, 3.05) is 20.2 Å². The van der Waals surface area contributed by atoms with Crippen molar-refractivity contribution in [1.82, 2.24) is 10.3 Å². The number of benzene rings is 1. The summed E-state index contributed by atoms with van der Waals surface area (Å²) in [4.78, 5) is 4.37. The average molecular weight is 363 g/mol. The number of rotatable bonds is 5. The molecule has 0 amide bonds. The summed E-state index contributed by atoms with van der Waals surface area (Å²) in [6, 6.07) is 12.2. The molecule has 2 heterocycles. The molecule has 0 radical (unpaired) electrons. The highest BCUT2D eigenvalue weighted by molar-refractivity contribution is 9.10. The maximum atomic E-state index is 6.26. The van der Waals surface area contributed by atoms with Crippen molar-refractivity contribution in [1.29, 1.82) is 0 Å². The molecule has 2 atom stereocenters. The Balaban J connectivity index is 1.90. The summed E-state index contributed by atoms with van der Waals surface area (Å²) in [6.45, 7) is 1.99. The summed E-state index contributed by atoms with van der Waals surface area (Å²) < 4.78 is 12.5. The van der Waals surface area contributed by atoms with Crippen molar-refractivity contribution < 1.29 is 9.47 Å². The lowest BCUT2D eigenvalue weighted by molar-refractivity contribution is 0.132. The van der Waals surface area contributed by atoms with Gasteiger partial charge in [-0.1, -0.05) is 30.3 Å². The molecule has 1 aromatic heterocycles. The molecule has 0 aliphatic carbocycles. The van der Waals surface area contributed by atoms with E-state index in [1.54, 1.807) is 13.3 Å². The predicted octanol–water partition coefficient (Wildman–Crippen LogP) is 3.58. The molecular formula is C17H19BrN2O2. The SMILES string of the molecule is COc1cc(Br)cnc1O[C@H](c1ccccc1)C1CCNC1. The van der Waals surface area contributed by atoms with Gasteiger partial charge in [-0.2, -0.15) is 0 Å². The number of nitrogens with one attached hydrogen (secondary N) is 1. The van der Waals surface area contributed by atoms with E-state index >= 15 is 0 Å². The minimum Gasteiger partial charge on any atom is -0.491 e. The van der Waals surface area contributed by atoms with Crippen molar-refractivity contribution in [3.05, 3.63) is 52.6 Å². The van der Waals surface area contributed by atoms with Crippen molar-refractivity contribution in [2.24, 2.45) is 5.92 Å². The normalized spacial score (nSPS) is 18.9. The van der Waals surface area contributed by atoms with Gasteiger partial charge in [-0.15, -0.1) is 0 Å². The van der Waals surface area contributed by atoms with Gasteiger partial charge in [0.2, 0.25) is 0 Å². The van der Waals surface area contributed by atoms with Gasteiger partial charge >= 0.3 is 0 Å². The molecule has 116 valence electrons. The zero-order chi connectivity index (χ0) is 15.4. The van der Waals surface area contributed by atoms with E-state index in [1.807, 2.05) is 24.3 Å². The van der Waals surface area contributed by atoms with E-state index in [-0.39, 0.29) is 6.10 Å². The molecule has 4 nitrogen and oxygen atoms in total. The Morgan fingerprint density at radius 2 is 2.14 bits per heavy atom. The van der Waals surface area contributed by atoms with Crippen LogP contribution in [-0.2, 0) is 0 Å². The Morgan fingerprint density at radius 3 is 2.82 bits per heavy atom. The minimum atomic E-state index is -0.0289. The smallest absolute Gasteiger partial charge is 0.257 e. The third kappa shape index (κ3) is 3.42. The van der Waals surface area contributed by atoms with Gasteiger partial charge in [0, 0.05) is 29.2 Å². The van der Waals surface area contributed by atoms with Crippen LogP contribution in [0.25, 0.3) is 0 Å². The molecular weight excluding hydrogens is 344 g/mol. The Hall–Kier alpha value is -1.59. The van der Waals surface area contributed by atoms with Gasteiger partial charge in [-0.3, -0.25) is 0 Å². The molecule has 1 unspecified atom stereocenters. The number of nitrogens with zero attached hydrogens (tertiary/aromatic N) is 1. The number of ether oxygens (including phenoxy) is 2. The first-order valence-corrected chi connectivity index (χ1v) is 8.19. The monoisotopic (exact) mass is 362 g/mol. The van der Waals surface area contributed by atoms with Gasteiger partial charge in [0.25, 0.3) is 5.88 Å². The lowest BCUT2D eigenvalue weighted by Gasteiger charge is -2.25.